The molecule has 1 aliphatic rings. The summed E-state index contributed by atoms with van der Waals surface area (Å²) in [6.07, 6.45) is 1.25. The van der Waals surface area contributed by atoms with Crippen molar-refractivity contribution in [2.45, 2.75) is 29.7 Å². The highest BCUT2D eigenvalue weighted by atomic mass is 32.2. The van der Waals surface area contributed by atoms with Crippen LogP contribution in [0.3, 0.4) is 0 Å². The summed E-state index contributed by atoms with van der Waals surface area (Å²) in [5, 5.41) is 9.10. The van der Waals surface area contributed by atoms with Crippen molar-refractivity contribution in [3.05, 3.63) is 29.6 Å². The zero-order chi connectivity index (χ0) is 15.1. The standard InChI is InChI=1S/C12H11F3N2O2S/c1-17(12(7-16)3-2-4-12)20(18,19)11-9(14)5-8(13)6-10(11)15/h5-6H,2-4H2,1H3. The molecule has 0 saturated heterocycles. The topological polar surface area (TPSA) is 61.2 Å². The summed E-state index contributed by atoms with van der Waals surface area (Å²) in [7, 11) is -3.46. The van der Waals surface area contributed by atoms with E-state index in [9.17, 15) is 21.6 Å². The lowest BCUT2D eigenvalue weighted by Crippen LogP contribution is -2.53. The zero-order valence-electron chi connectivity index (χ0n) is 10.5. The van der Waals surface area contributed by atoms with Crippen molar-refractivity contribution >= 4 is 10.0 Å². The van der Waals surface area contributed by atoms with Crippen LogP contribution in [-0.4, -0.2) is 25.3 Å². The summed E-state index contributed by atoms with van der Waals surface area (Å²) in [6.45, 7) is 0. The maximum absolute atomic E-state index is 13.6. The molecule has 0 spiro atoms. The molecule has 0 aliphatic heterocycles. The molecule has 1 fully saturated rings. The van der Waals surface area contributed by atoms with Crippen LogP contribution in [0.15, 0.2) is 17.0 Å². The maximum Gasteiger partial charge on any atom is 0.250 e. The van der Waals surface area contributed by atoms with Crippen LogP contribution in [0.1, 0.15) is 19.3 Å². The molecule has 0 radical (unpaired) electrons. The fourth-order valence-electron chi connectivity index (χ4n) is 2.15. The average Bonchev–Trinajstić information content (AvgIpc) is 2.26. The number of hydrogen-bond acceptors (Lipinski definition) is 3. The van der Waals surface area contributed by atoms with Crippen molar-refractivity contribution in [3.63, 3.8) is 0 Å². The third-order valence-corrected chi connectivity index (χ3v) is 5.55. The van der Waals surface area contributed by atoms with Gasteiger partial charge in [0.2, 0.25) is 10.0 Å². The highest BCUT2D eigenvalue weighted by Crippen LogP contribution is 2.40. The predicted molar refractivity (Wildman–Crippen MR) is 63.5 cm³/mol. The molecular weight excluding hydrogens is 293 g/mol. The number of benzene rings is 1. The van der Waals surface area contributed by atoms with E-state index in [1.165, 1.54) is 0 Å². The molecule has 1 aromatic carbocycles. The maximum atomic E-state index is 13.6. The Morgan fingerprint density at radius 3 is 2.10 bits per heavy atom. The SMILES string of the molecule is CN(C1(C#N)CCC1)S(=O)(=O)c1c(F)cc(F)cc1F. The van der Waals surface area contributed by atoms with E-state index in [0.29, 0.717) is 35.7 Å². The van der Waals surface area contributed by atoms with Crippen molar-refractivity contribution in [1.82, 2.24) is 4.31 Å². The Balaban J connectivity index is 2.55. The fraction of sp³-hybridized carbons (Fsp3) is 0.417. The van der Waals surface area contributed by atoms with Gasteiger partial charge in [0.25, 0.3) is 0 Å². The second-order valence-electron chi connectivity index (χ2n) is 4.67. The lowest BCUT2D eigenvalue weighted by Gasteiger charge is -2.41. The Bertz CT molecular complexity index is 670. The number of rotatable bonds is 3. The van der Waals surface area contributed by atoms with Crippen LogP contribution in [0.25, 0.3) is 0 Å². The molecule has 1 saturated carbocycles. The quantitative estimate of drug-likeness (QED) is 0.860. The van der Waals surface area contributed by atoms with Gasteiger partial charge in [-0.15, -0.1) is 0 Å². The lowest BCUT2D eigenvalue weighted by molar-refractivity contribution is 0.170. The molecule has 0 atom stereocenters. The molecule has 0 heterocycles. The van der Waals surface area contributed by atoms with Gasteiger partial charge < -0.3 is 0 Å². The zero-order valence-corrected chi connectivity index (χ0v) is 11.3. The molecule has 1 aliphatic carbocycles. The summed E-state index contributed by atoms with van der Waals surface area (Å²) in [5.74, 6) is -4.23. The first-order chi connectivity index (χ1) is 9.24. The second kappa shape index (κ2) is 4.75. The van der Waals surface area contributed by atoms with Crippen LogP contribution in [-0.2, 0) is 10.0 Å². The van der Waals surface area contributed by atoms with Crippen LogP contribution in [0.5, 0.6) is 0 Å². The van der Waals surface area contributed by atoms with Gasteiger partial charge in [0.05, 0.1) is 6.07 Å². The Morgan fingerprint density at radius 1 is 1.25 bits per heavy atom. The molecule has 4 nitrogen and oxygen atoms in total. The van der Waals surface area contributed by atoms with Crippen molar-refractivity contribution in [1.29, 1.82) is 5.26 Å². The number of hydrogen-bond donors (Lipinski definition) is 0. The molecule has 20 heavy (non-hydrogen) atoms. The molecule has 0 bridgehead atoms. The Kier molecular flexibility index (Phi) is 3.52. The minimum atomic E-state index is -4.55. The first kappa shape index (κ1) is 14.8. The predicted octanol–water partition coefficient (Wildman–Crippen LogP) is 2.17. The molecular formula is C12H11F3N2O2S. The van der Waals surface area contributed by atoms with Gasteiger partial charge in [-0.3, -0.25) is 0 Å². The molecule has 8 heteroatoms. The summed E-state index contributed by atoms with van der Waals surface area (Å²) < 4.78 is 65.2. The van der Waals surface area contributed by atoms with Gasteiger partial charge in [-0.1, -0.05) is 0 Å². The van der Waals surface area contributed by atoms with Gasteiger partial charge >= 0.3 is 0 Å². The molecule has 108 valence electrons. The van der Waals surface area contributed by atoms with Gasteiger partial charge in [0, 0.05) is 19.2 Å². The van der Waals surface area contributed by atoms with Crippen molar-refractivity contribution < 1.29 is 21.6 Å². The molecule has 2 rings (SSSR count). The van der Waals surface area contributed by atoms with E-state index in [2.05, 4.69) is 0 Å². The number of nitrogens with zero attached hydrogens (tertiary/aromatic N) is 2. The molecule has 0 unspecified atom stereocenters. The van der Waals surface area contributed by atoms with Crippen LogP contribution in [0.4, 0.5) is 13.2 Å². The van der Waals surface area contributed by atoms with Crippen LogP contribution in [0.2, 0.25) is 0 Å². The van der Waals surface area contributed by atoms with Crippen LogP contribution < -0.4 is 0 Å². The van der Waals surface area contributed by atoms with Crippen LogP contribution >= 0.6 is 0 Å². The second-order valence-corrected chi connectivity index (χ2v) is 6.57. The average molecular weight is 304 g/mol. The van der Waals surface area contributed by atoms with E-state index in [1.807, 2.05) is 6.07 Å². The lowest BCUT2D eigenvalue weighted by atomic mass is 9.78. The third kappa shape index (κ3) is 2.07. The Hall–Kier alpha value is -1.59. The minimum absolute atomic E-state index is 0.295. The van der Waals surface area contributed by atoms with E-state index in [0.717, 1.165) is 7.05 Å². The van der Waals surface area contributed by atoms with Crippen molar-refractivity contribution in [2.24, 2.45) is 0 Å². The van der Waals surface area contributed by atoms with E-state index in [-0.39, 0.29) is 0 Å². The normalized spacial score (nSPS) is 17.6. The minimum Gasteiger partial charge on any atom is -0.207 e. The summed E-state index contributed by atoms with van der Waals surface area (Å²) in [5.41, 5.74) is -1.29. The van der Waals surface area contributed by atoms with Gasteiger partial charge in [-0.25, -0.2) is 21.6 Å². The van der Waals surface area contributed by atoms with E-state index >= 15 is 0 Å². The van der Waals surface area contributed by atoms with E-state index < -0.39 is 37.9 Å². The first-order valence-corrected chi connectivity index (χ1v) is 7.23. The van der Waals surface area contributed by atoms with Gasteiger partial charge in [-0.05, 0) is 19.3 Å². The smallest absolute Gasteiger partial charge is 0.207 e. The third-order valence-electron chi connectivity index (χ3n) is 3.57. The molecule has 0 amide bonds. The van der Waals surface area contributed by atoms with Gasteiger partial charge in [-0.2, -0.15) is 9.57 Å². The summed E-state index contributed by atoms with van der Waals surface area (Å²) in [4.78, 5) is -1.23. The highest BCUT2D eigenvalue weighted by molar-refractivity contribution is 7.89. The Labute approximate surface area is 114 Å². The molecule has 0 N–H and O–H groups in total. The molecule has 0 aromatic heterocycles. The molecule has 1 aromatic rings. The van der Waals surface area contributed by atoms with E-state index in [4.69, 9.17) is 5.26 Å². The van der Waals surface area contributed by atoms with Crippen molar-refractivity contribution in [2.75, 3.05) is 7.05 Å². The largest absolute Gasteiger partial charge is 0.250 e. The first-order valence-electron chi connectivity index (χ1n) is 5.79. The summed E-state index contributed by atoms with van der Waals surface area (Å²) in [6, 6.07) is 2.46. The van der Waals surface area contributed by atoms with Crippen molar-refractivity contribution in [3.8, 4) is 6.07 Å². The van der Waals surface area contributed by atoms with E-state index in [1.54, 1.807) is 0 Å². The van der Waals surface area contributed by atoms with Gasteiger partial charge in [0.15, 0.2) is 4.90 Å². The van der Waals surface area contributed by atoms with Gasteiger partial charge in [0.1, 0.15) is 23.0 Å². The Morgan fingerprint density at radius 2 is 1.75 bits per heavy atom. The number of sulfonamides is 1. The number of nitriles is 1. The van der Waals surface area contributed by atoms with Crippen LogP contribution in [0, 0.1) is 28.8 Å². The highest BCUT2D eigenvalue weighted by Gasteiger charge is 2.48. The monoisotopic (exact) mass is 304 g/mol. The fourth-order valence-corrected chi connectivity index (χ4v) is 3.72. The number of halogens is 3. The summed E-state index contributed by atoms with van der Waals surface area (Å²) >= 11 is 0.